The number of hydrogen-bond acceptors (Lipinski definition) is 3. The monoisotopic (exact) mass is 317 g/mol. The van der Waals surface area contributed by atoms with Crippen LogP contribution in [0.2, 0.25) is 0 Å². The van der Waals surface area contributed by atoms with Gasteiger partial charge in [0.15, 0.2) is 0 Å². The second kappa shape index (κ2) is 5.42. The largest absolute Gasteiger partial charge is 0.497 e. The van der Waals surface area contributed by atoms with Crippen LogP contribution in [0.3, 0.4) is 0 Å². The fourth-order valence-corrected chi connectivity index (χ4v) is 3.06. The molecule has 0 aliphatic rings. The van der Waals surface area contributed by atoms with Gasteiger partial charge in [-0.05, 0) is 40.6 Å². The van der Waals surface area contributed by atoms with E-state index < -0.39 is 5.56 Å². The molecular formula is C20H15NO3. The Bertz CT molecular complexity index is 1120. The molecule has 3 aromatic carbocycles. The van der Waals surface area contributed by atoms with Gasteiger partial charge in [0.2, 0.25) is 0 Å². The molecule has 1 aromatic heterocycles. The molecule has 0 bridgehead atoms. The summed E-state index contributed by atoms with van der Waals surface area (Å²) in [6.07, 6.45) is 0. The van der Waals surface area contributed by atoms with Crippen molar-refractivity contribution >= 4 is 21.7 Å². The fraction of sp³-hybridized carbons (Fsp3) is 0.0500. The van der Waals surface area contributed by atoms with E-state index in [1.54, 1.807) is 31.4 Å². The number of methoxy groups -OCH3 is 1. The first-order chi connectivity index (χ1) is 11.7. The van der Waals surface area contributed by atoms with Crippen LogP contribution >= 0.6 is 0 Å². The molecule has 24 heavy (non-hydrogen) atoms. The van der Waals surface area contributed by atoms with Crippen molar-refractivity contribution in [2.45, 2.75) is 0 Å². The lowest BCUT2D eigenvalue weighted by atomic mass is 9.98. The maximum Gasteiger partial charge on any atom is 0.291 e. The highest BCUT2D eigenvalue weighted by molar-refractivity contribution is 5.98. The Morgan fingerprint density at radius 1 is 0.875 bits per heavy atom. The Hall–Kier alpha value is -3.27. The lowest BCUT2D eigenvalue weighted by Crippen LogP contribution is -2.19. The van der Waals surface area contributed by atoms with E-state index in [4.69, 9.17) is 4.74 Å². The van der Waals surface area contributed by atoms with E-state index in [9.17, 15) is 10.0 Å². The normalized spacial score (nSPS) is 11.0. The van der Waals surface area contributed by atoms with Gasteiger partial charge in [-0.3, -0.25) is 4.79 Å². The molecule has 4 heteroatoms. The third kappa shape index (κ3) is 2.12. The lowest BCUT2D eigenvalue weighted by molar-refractivity contribution is 0.189. The van der Waals surface area contributed by atoms with Crippen molar-refractivity contribution in [2.24, 2.45) is 0 Å². The molecule has 0 saturated heterocycles. The van der Waals surface area contributed by atoms with Crippen LogP contribution in [-0.4, -0.2) is 17.0 Å². The maximum absolute atomic E-state index is 12.7. The number of nitrogens with zero attached hydrogens (tertiary/aromatic N) is 1. The van der Waals surface area contributed by atoms with Gasteiger partial charge in [-0.15, -0.1) is 4.73 Å². The number of pyridine rings is 1. The topological polar surface area (TPSA) is 51.5 Å². The van der Waals surface area contributed by atoms with Crippen LogP contribution in [0.5, 0.6) is 5.75 Å². The van der Waals surface area contributed by atoms with E-state index in [-0.39, 0.29) is 0 Å². The van der Waals surface area contributed by atoms with Gasteiger partial charge in [0.05, 0.1) is 18.2 Å². The molecule has 1 N–H and O–H groups in total. The van der Waals surface area contributed by atoms with Gasteiger partial charge in [-0.2, -0.15) is 0 Å². The average Bonchev–Trinajstić information content (AvgIpc) is 2.64. The molecule has 118 valence electrons. The molecule has 0 aliphatic heterocycles. The highest BCUT2D eigenvalue weighted by Gasteiger charge is 2.13. The quantitative estimate of drug-likeness (QED) is 0.567. The van der Waals surface area contributed by atoms with Crippen LogP contribution in [0.15, 0.2) is 71.5 Å². The first-order valence-corrected chi connectivity index (χ1v) is 7.60. The first-order valence-electron chi connectivity index (χ1n) is 7.60. The smallest absolute Gasteiger partial charge is 0.291 e. The molecule has 1 heterocycles. The Balaban J connectivity index is 2.09. The number of fused-ring (bicyclic) bond motifs is 2. The summed E-state index contributed by atoms with van der Waals surface area (Å²) in [4.78, 5) is 12.7. The summed E-state index contributed by atoms with van der Waals surface area (Å²) in [7, 11) is 1.59. The number of rotatable bonds is 2. The summed E-state index contributed by atoms with van der Waals surface area (Å²) in [6.45, 7) is 0. The number of ether oxygens (including phenoxy) is 1. The molecule has 0 atom stereocenters. The zero-order chi connectivity index (χ0) is 16.7. The Morgan fingerprint density at radius 3 is 2.50 bits per heavy atom. The minimum Gasteiger partial charge on any atom is -0.497 e. The fourth-order valence-electron chi connectivity index (χ4n) is 3.06. The number of hydrogen-bond donors (Lipinski definition) is 1. The average molecular weight is 317 g/mol. The highest BCUT2D eigenvalue weighted by Crippen LogP contribution is 2.29. The van der Waals surface area contributed by atoms with E-state index >= 15 is 0 Å². The summed E-state index contributed by atoms with van der Waals surface area (Å²) in [6, 6.07) is 20.7. The summed E-state index contributed by atoms with van der Waals surface area (Å²) in [5.74, 6) is 0.671. The summed E-state index contributed by atoms with van der Waals surface area (Å²) < 4.78 is 5.94. The van der Waals surface area contributed by atoms with Gasteiger partial charge in [-0.1, -0.05) is 42.5 Å². The van der Waals surface area contributed by atoms with Crippen molar-refractivity contribution in [1.82, 2.24) is 4.73 Å². The zero-order valence-corrected chi connectivity index (χ0v) is 13.1. The Morgan fingerprint density at radius 2 is 1.67 bits per heavy atom. The minimum absolute atomic E-state index is 0.441. The van der Waals surface area contributed by atoms with Gasteiger partial charge in [0, 0.05) is 5.39 Å². The third-order valence-corrected chi connectivity index (χ3v) is 4.27. The van der Waals surface area contributed by atoms with Gasteiger partial charge >= 0.3 is 0 Å². The Labute approximate surface area is 138 Å². The van der Waals surface area contributed by atoms with Crippen molar-refractivity contribution in [3.8, 4) is 16.9 Å². The standard InChI is InChI=1S/C20H15NO3/c1-24-15-9-10-19-14(11-15)12-18(20(22)21(19)23)17-8-4-6-13-5-2-3-7-16(13)17/h2-12,23H,1H3. The van der Waals surface area contributed by atoms with Crippen molar-refractivity contribution in [2.75, 3.05) is 7.11 Å². The summed E-state index contributed by atoms with van der Waals surface area (Å²) >= 11 is 0. The predicted molar refractivity (Wildman–Crippen MR) is 94.9 cm³/mol. The second-order valence-corrected chi connectivity index (χ2v) is 5.63. The molecule has 0 aliphatic carbocycles. The van der Waals surface area contributed by atoms with E-state index in [1.807, 2.05) is 42.5 Å². The summed E-state index contributed by atoms with van der Waals surface area (Å²) in [5, 5.41) is 13.1. The number of aromatic nitrogens is 1. The zero-order valence-electron chi connectivity index (χ0n) is 13.1. The van der Waals surface area contributed by atoms with Crippen LogP contribution in [0.25, 0.3) is 32.8 Å². The first kappa shape index (κ1) is 14.3. The molecule has 4 rings (SSSR count). The Kier molecular flexibility index (Phi) is 3.24. The van der Waals surface area contributed by atoms with Gasteiger partial charge in [0.25, 0.3) is 5.56 Å². The van der Waals surface area contributed by atoms with Gasteiger partial charge in [-0.25, -0.2) is 0 Å². The molecule has 4 nitrogen and oxygen atoms in total. The van der Waals surface area contributed by atoms with Crippen LogP contribution < -0.4 is 10.3 Å². The van der Waals surface area contributed by atoms with Crippen LogP contribution in [0.1, 0.15) is 0 Å². The number of benzene rings is 3. The SMILES string of the molecule is COc1ccc2c(c1)cc(-c1cccc3ccccc13)c(=O)n2O. The predicted octanol–water partition coefficient (Wildman–Crippen LogP) is 4.07. The van der Waals surface area contributed by atoms with Crippen molar-refractivity contribution in [3.63, 3.8) is 0 Å². The van der Waals surface area contributed by atoms with Crippen LogP contribution in [-0.2, 0) is 0 Å². The van der Waals surface area contributed by atoms with E-state index in [0.717, 1.165) is 21.7 Å². The molecule has 0 spiro atoms. The minimum atomic E-state index is -0.441. The van der Waals surface area contributed by atoms with Crippen molar-refractivity contribution < 1.29 is 9.94 Å². The van der Waals surface area contributed by atoms with Gasteiger partial charge < -0.3 is 9.94 Å². The molecule has 0 radical (unpaired) electrons. The molecule has 0 amide bonds. The van der Waals surface area contributed by atoms with Gasteiger partial charge in [0.1, 0.15) is 5.75 Å². The van der Waals surface area contributed by atoms with Crippen molar-refractivity contribution in [3.05, 3.63) is 77.1 Å². The molecular weight excluding hydrogens is 302 g/mol. The van der Waals surface area contributed by atoms with E-state index in [1.165, 1.54) is 0 Å². The summed E-state index contributed by atoms with van der Waals surface area (Å²) in [5.41, 5.74) is 1.26. The van der Waals surface area contributed by atoms with Crippen LogP contribution in [0.4, 0.5) is 0 Å². The third-order valence-electron chi connectivity index (χ3n) is 4.27. The molecule has 4 aromatic rings. The highest BCUT2D eigenvalue weighted by atomic mass is 16.5. The molecule has 0 unspecified atom stereocenters. The van der Waals surface area contributed by atoms with Crippen LogP contribution in [0, 0.1) is 0 Å². The maximum atomic E-state index is 12.7. The van der Waals surface area contributed by atoms with E-state index in [0.29, 0.717) is 21.6 Å². The second-order valence-electron chi connectivity index (χ2n) is 5.63. The van der Waals surface area contributed by atoms with Crippen molar-refractivity contribution in [1.29, 1.82) is 0 Å². The lowest BCUT2D eigenvalue weighted by Gasteiger charge is -2.11. The molecule has 0 saturated carbocycles. The molecule has 0 fully saturated rings. The van der Waals surface area contributed by atoms with E-state index in [2.05, 4.69) is 0 Å².